The summed E-state index contributed by atoms with van der Waals surface area (Å²) in [6.45, 7) is 5.28. The molecule has 7 heteroatoms. The SMILES string of the molecule is CCCNC(=O)c1coc(CN(CCC)C(=O)c2cccc(Cl)c2)n1. The van der Waals surface area contributed by atoms with Gasteiger partial charge in [-0.3, -0.25) is 9.59 Å². The fraction of sp³-hybridized carbons (Fsp3) is 0.389. The minimum atomic E-state index is -0.278. The predicted octanol–water partition coefficient (Wildman–Crippen LogP) is 3.52. The second-order valence-corrected chi connectivity index (χ2v) is 6.06. The van der Waals surface area contributed by atoms with Gasteiger partial charge in [-0.05, 0) is 31.0 Å². The average molecular weight is 364 g/mol. The van der Waals surface area contributed by atoms with Crippen molar-refractivity contribution in [2.75, 3.05) is 13.1 Å². The lowest BCUT2D eigenvalue weighted by atomic mass is 10.2. The Morgan fingerprint density at radius 1 is 1.28 bits per heavy atom. The highest BCUT2D eigenvalue weighted by molar-refractivity contribution is 6.30. The molecule has 1 aromatic heterocycles. The lowest BCUT2D eigenvalue weighted by molar-refractivity contribution is 0.0728. The van der Waals surface area contributed by atoms with Gasteiger partial charge in [-0.15, -0.1) is 0 Å². The van der Waals surface area contributed by atoms with Crippen molar-refractivity contribution >= 4 is 23.4 Å². The zero-order valence-corrected chi connectivity index (χ0v) is 15.2. The molecule has 6 nitrogen and oxygen atoms in total. The van der Waals surface area contributed by atoms with E-state index in [4.69, 9.17) is 16.0 Å². The molecule has 2 rings (SSSR count). The summed E-state index contributed by atoms with van der Waals surface area (Å²) >= 11 is 5.96. The van der Waals surface area contributed by atoms with Crippen molar-refractivity contribution in [2.45, 2.75) is 33.2 Å². The normalized spacial score (nSPS) is 10.5. The number of nitrogens with zero attached hydrogens (tertiary/aromatic N) is 2. The largest absolute Gasteiger partial charge is 0.446 e. The van der Waals surface area contributed by atoms with Crippen LogP contribution in [-0.4, -0.2) is 34.8 Å². The Hall–Kier alpha value is -2.34. The number of rotatable bonds is 8. The Morgan fingerprint density at radius 3 is 2.76 bits per heavy atom. The molecule has 0 spiro atoms. The number of carbonyl (C=O) groups is 2. The van der Waals surface area contributed by atoms with Gasteiger partial charge in [-0.25, -0.2) is 4.98 Å². The van der Waals surface area contributed by atoms with Crippen molar-refractivity contribution in [1.29, 1.82) is 0 Å². The van der Waals surface area contributed by atoms with Crippen LogP contribution in [0.3, 0.4) is 0 Å². The molecule has 0 aliphatic rings. The van der Waals surface area contributed by atoms with Gasteiger partial charge >= 0.3 is 0 Å². The molecular weight excluding hydrogens is 342 g/mol. The van der Waals surface area contributed by atoms with E-state index in [1.54, 1.807) is 29.2 Å². The van der Waals surface area contributed by atoms with Crippen LogP contribution >= 0.6 is 11.6 Å². The third-order valence-electron chi connectivity index (χ3n) is 3.50. The first-order valence-electron chi connectivity index (χ1n) is 8.32. The van der Waals surface area contributed by atoms with Crippen LogP contribution in [0.15, 0.2) is 34.9 Å². The van der Waals surface area contributed by atoms with Crippen LogP contribution in [0.25, 0.3) is 0 Å². The summed E-state index contributed by atoms with van der Waals surface area (Å²) in [6.07, 6.45) is 2.94. The smallest absolute Gasteiger partial charge is 0.273 e. The van der Waals surface area contributed by atoms with E-state index in [-0.39, 0.29) is 24.1 Å². The molecule has 0 bridgehead atoms. The quantitative estimate of drug-likeness (QED) is 0.778. The van der Waals surface area contributed by atoms with E-state index in [0.29, 0.717) is 29.6 Å². The molecule has 0 fully saturated rings. The van der Waals surface area contributed by atoms with Gasteiger partial charge in [-0.1, -0.05) is 31.5 Å². The molecule has 1 aromatic carbocycles. The molecule has 1 heterocycles. The molecule has 134 valence electrons. The minimum Gasteiger partial charge on any atom is -0.446 e. The number of nitrogens with one attached hydrogen (secondary N) is 1. The van der Waals surface area contributed by atoms with E-state index in [1.807, 2.05) is 13.8 Å². The van der Waals surface area contributed by atoms with Crippen molar-refractivity contribution in [1.82, 2.24) is 15.2 Å². The number of carbonyl (C=O) groups excluding carboxylic acids is 2. The van der Waals surface area contributed by atoms with Crippen molar-refractivity contribution in [2.24, 2.45) is 0 Å². The van der Waals surface area contributed by atoms with Crippen LogP contribution in [0.2, 0.25) is 5.02 Å². The fourth-order valence-corrected chi connectivity index (χ4v) is 2.50. The van der Waals surface area contributed by atoms with Crippen LogP contribution in [0, 0.1) is 0 Å². The van der Waals surface area contributed by atoms with Crippen LogP contribution in [0.4, 0.5) is 0 Å². The number of aromatic nitrogens is 1. The van der Waals surface area contributed by atoms with Gasteiger partial charge in [0.15, 0.2) is 5.69 Å². The van der Waals surface area contributed by atoms with E-state index < -0.39 is 0 Å². The number of hydrogen-bond acceptors (Lipinski definition) is 4. The Kier molecular flexibility index (Phi) is 7.01. The Labute approximate surface area is 152 Å². The second-order valence-electron chi connectivity index (χ2n) is 5.62. The topological polar surface area (TPSA) is 75.4 Å². The molecule has 0 unspecified atom stereocenters. The van der Waals surface area contributed by atoms with Gasteiger partial charge in [0.2, 0.25) is 5.89 Å². The van der Waals surface area contributed by atoms with Crippen LogP contribution in [-0.2, 0) is 6.54 Å². The lowest BCUT2D eigenvalue weighted by Gasteiger charge is -2.20. The third kappa shape index (κ3) is 5.32. The van der Waals surface area contributed by atoms with E-state index in [1.165, 1.54) is 6.26 Å². The minimum absolute atomic E-state index is 0.153. The maximum Gasteiger partial charge on any atom is 0.273 e. The molecule has 2 amide bonds. The summed E-state index contributed by atoms with van der Waals surface area (Å²) in [6, 6.07) is 6.81. The molecule has 0 aliphatic carbocycles. The number of benzene rings is 1. The van der Waals surface area contributed by atoms with Gasteiger partial charge in [0.1, 0.15) is 6.26 Å². The van der Waals surface area contributed by atoms with Crippen LogP contribution in [0.1, 0.15) is 53.4 Å². The summed E-state index contributed by atoms with van der Waals surface area (Å²) in [5, 5.41) is 3.25. The molecule has 1 N–H and O–H groups in total. The Morgan fingerprint density at radius 2 is 2.08 bits per heavy atom. The first-order chi connectivity index (χ1) is 12.0. The summed E-state index contributed by atoms with van der Waals surface area (Å²) in [4.78, 5) is 30.4. The lowest BCUT2D eigenvalue weighted by Crippen LogP contribution is -2.31. The first kappa shape index (κ1) is 19.0. The number of halogens is 1. The maximum atomic E-state index is 12.7. The Balaban J connectivity index is 2.10. The van der Waals surface area contributed by atoms with E-state index in [2.05, 4.69) is 10.3 Å². The van der Waals surface area contributed by atoms with Crippen molar-refractivity contribution in [3.8, 4) is 0 Å². The van der Waals surface area contributed by atoms with Crippen molar-refractivity contribution in [3.63, 3.8) is 0 Å². The second kappa shape index (κ2) is 9.22. The van der Waals surface area contributed by atoms with Gasteiger partial charge in [0.25, 0.3) is 11.8 Å². The molecule has 0 atom stereocenters. The monoisotopic (exact) mass is 363 g/mol. The summed E-state index contributed by atoms with van der Waals surface area (Å²) in [5.41, 5.74) is 0.725. The number of hydrogen-bond donors (Lipinski definition) is 1. The van der Waals surface area contributed by atoms with Gasteiger partial charge in [0, 0.05) is 23.7 Å². The predicted molar refractivity (Wildman–Crippen MR) is 95.6 cm³/mol. The fourth-order valence-electron chi connectivity index (χ4n) is 2.31. The van der Waals surface area contributed by atoms with Gasteiger partial charge in [-0.2, -0.15) is 0 Å². The van der Waals surface area contributed by atoms with Crippen molar-refractivity contribution in [3.05, 3.63) is 52.7 Å². The highest BCUT2D eigenvalue weighted by atomic mass is 35.5. The van der Waals surface area contributed by atoms with E-state index in [9.17, 15) is 9.59 Å². The molecule has 0 saturated heterocycles. The molecular formula is C18H22ClN3O3. The maximum absolute atomic E-state index is 12.7. The van der Waals surface area contributed by atoms with Crippen molar-refractivity contribution < 1.29 is 14.0 Å². The highest BCUT2D eigenvalue weighted by Gasteiger charge is 2.19. The zero-order chi connectivity index (χ0) is 18.2. The number of amides is 2. The molecule has 0 saturated carbocycles. The van der Waals surface area contributed by atoms with E-state index >= 15 is 0 Å². The van der Waals surface area contributed by atoms with Gasteiger partial charge in [0.05, 0.1) is 6.54 Å². The molecule has 2 aromatic rings. The van der Waals surface area contributed by atoms with Crippen LogP contribution < -0.4 is 5.32 Å². The molecule has 0 radical (unpaired) electrons. The molecule has 25 heavy (non-hydrogen) atoms. The third-order valence-corrected chi connectivity index (χ3v) is 3.73. The summed E-state index contributed by atoms with van der Waals surface area (Å²) in [5.74, 6) is -0.106. The van der Waals surface area contributed by atoms with Crippen LogP contribution in [0.5, 0.6) is 0 Å². The standard InChI is InChI=1S/C18H22ClN3O3/c1-3-8-20-17(23)15-12-25-16(21-15)11-22(9-4-2)18(24)13-6-5-7-14(19)10-13/h5-7,10,12H,3-4,8-9,11H2,1-2H3,(H,20,23). The number of oxazole rings is 1. The average Bonchev–Trinajstić information content (AvgIpc) is 3.07. The highest BCUT2D eigenvalue weighted by Crippen LogP contribution is 2.15. The zero-order valence-electron chi connectivity index (χ0n) is 14.4. The Bertz CT molecular complexity index is 730. The first-order valence-corrected chi connectivity index (χ1v) is 8.70. The van der Waals surface area contributed by atoms with Gasteiger partial charge < -0.3 is 14.6 Å². The summed E-state index contributed by atoms with van der Waals surface area (Å²) < 4.78 is 5.36. The molecule has 0 aliphatic heterocycles. The summed E-state index contributed by atoms with van der Waals surface area (Å²) in [7, 11) is 0. The van der Waals surface area contributed by atoms with E-state index in [0.717, 1.165) is 12.8 Å².